The Balaban J connectivity index is 2.12. The van der Waals surface area contributed by atoms with Gasteiger partial charge in [0.05, 0.1) is 30.4 Å². The number of carbonyl (C=O) groups excluding carboxylic acids is 2. The van der Waals surface area contributed by atoms with E-state index in [9.17, 15) is 19.8 Å². The number of hydrogen-bond acceptors (Lipinski definition) is 9. The molecule has 0 aromatic carbocycles. The van der Waals surface area contributed by atoms with Crippen molar-refractivity contribution < 1.29 is 38.9 Å². The summed E-state index contributed by atoms with van der Waals surface area (Å²) in [5.74, 6) is -0.816. The second-order valence-corrected chi connectivity index (χ2v) is 11.5. The number of cyclic esters (lactones) is 1. The molecule has 0 radical (unpaired) electrons. The molecule has 40 heavy (non-hydrogen) atoms. The van der Waals surface area contributed by atoms with Crippen LogP contribution in [0.25, 0.3) is 0 Å². The Morgan fingerprint density at radius 3 is 2.62 bits per heavy atom. The molecular weight excluding hydrogens is 514 g/mol. The van der Waals surface area contributed by atoms with Gasteiger partial charge in [-0.2, -0.15) is 0 Å². The average molecular weight is 564 g/mol. The summed E-state index contributed by atoms with van der Waals surface area (Å²) < 4.78 is 17.1. The van der Waals surface area contributed by atoms with Crippen molar-refractivity contribution in [3.05, 3.63) is 36.0 Å². The number of aliphatic hydroxyl groups is 2. The highest BCUT2D eigenvalue weighted by molar-refractivity contribution is 5.86. The van der Waals surface area contributed by atoms with E-state index in [1.165, 1.54) is 6.92 Å². The van der Waals surface area contributed by atoms with Gasteiger partial charge >= 0.3 is 11.9 Å². The highest BCUT2D eigenvalue weighted by Gasteiger charge is 2.44. The lowest BCUT2D eigenvalue weighted by molar-refractivity contribution is -0.157. The van der Waals surface area contributed by atoms with E-state index < -0.39 is 35.9 Å². The van der Waals surface area contributed by atoms with Gasteiger partial charge in [0, 0.05) is 18.8 Å². The third kappa shape index (κ3) is 10.5. The lowest BCUT2D eigenvalue weighted by Crippen LogP contribution is -2.42. The Labute approximate surface area is 239 Å². The van der Waals surface area contributed by atoms with Crippen molar-refractivity contribution in [2.24, 2.45) is 22.9 Å². The van der Waals surface area contributed by atoms with Gasteiger partial charge in [-0.3, -0.25) is 9.59 Å². The van der Waals surface area contributed by atoms with Crippen LogP contribution >= 0.6 is 0 Å². The molecule has 0 aromatic heterocycles. The van der Waals surface area contributed by atoms with Gasteiger partial charge in [0.15, 0.2) is 0 Å². The zero-order valence-electron chi connectivity index (χ0n) is 25.3. The van der Waals surface area contributed by atoms with E-state index in [-0.39, 0.29) is 49.2 Å². The first kappa shape index (κ1) is 33.7. The molecule has 0 aliphatic carbocycles. The molecule has 9 atom stereocenters. The Kier molecular flexibility index (Phi) is 13.1. The molecule has 2 aliphatic rings. The van der Waals surface area contributed by atoms with Gasteiger partial charge in [0.2, 0.25) is 0 Å². The minimum atomic E-state index is -1.40. The zero-order chi connectivity index (χ0) is 30.0. The second-order valence-electron chi connectivity index (χ2n) is 11.5. The Bertz CT molecular complexity index is 968. The number of oxime groups is 1. The summed E-state index contributed by atoms with van der Waals surface area (Å²) in [6, 6.07) is 0. The van der Waals surface area contributed by atoms with Gasteiger partial charge in [0.1, 0.15) is 24.9 Å². The lowest BCUT2D eigenvalue weighted by Gasteiger charge is -2.32. The summed E-state index contributed by atoms with van der Waals surface area (Å²) in [6.07, 6.45) is 9.12. The maximum atomic E-state index is 12.6. The maximum Gasteiger partial charge on any atom is 0.309 e. The maximum absolute atomic E-state index is 12.6. The van der Waals surface area contributed by atoms with Crippen LogP contribution < -0.4 is 0 Å². The minimum absolute atomic E-state index is 0.148. The number of nitrogens with zero attached hydrogens (tertiary/aromatic N) is 1. The quantitative estimate of drug-likeness (QED) is 0.0981. The van der Waals surface area contributed by atoms with Crippen molar-refractivity contribution in [2.75, 3.05) is 7.11 Å². The summed E-state index contributed by atoms with van der Waals surface area (Å²) in [5, 5.41) is 25.5. The Morgan fingerprint density at radius 2 is 2.00 bits per heavy atom. The zero-order valence-corrected chi connectivity index (χ0v) is 25.3. The molecular formula is C31H49NO8. The van der Waals surface area contributed by atoms with E-state index in [0.29, 0.717) is 0 Å². The van der Waals surface area contributed by atoms with Crippen LogP contribution in [0.15, 0.2) is 41.1 Å². The number of hydrogen-bond donors (Lipinski definition) is 2. The molecule has 9 heteroatoms. The summed E-state index contributed by atoms with van der Waals surface area (Å²) in [5.41, 5.74) is 0.428. The molecule has 0 spiro atoms. The van der Waals surface area contributed by atoms with E-state index in [2.05, 4.69) is 32.0 Å². The number of rotatable bonds is 10. The number of aliphatic hydroxyl groups excluding tert-OH is 1. The number of esters is 2. The Morgan fingerprint density at radius 1 is 1.30 bits per heavy atom. The molecule has 2 heterocycles. The fourth-order valence-corrected chi connectivity index (χ4v) is 5.13. The van der Waals surface area contributed by atoms with Crippen molar-refractivity contribution >= 4 is 17.7 Å². The van der Waals surface area contributed by atoms with E-state index >= 15 is 0 Å². The van der Waals surface area contributed by atoms with E-state index in [1.807, 2.05) is 26.0 Å². The molecule has 9 nitrogen and oxygen atoms in total. The monoisotopic (exact) mass is 563 g/mol. The van der Waals surface area contributed by atoms with E-state index in [0.717, 1.165) is 24.1 Å². The SMILES string of the molecule is CCC(=NOC)C(C)C1OC1CC(C)/C=C/C=C(\C)C1OC(=O)CC(O)CCC(C)(O)C(OC(C)=O)/C=C\C1C. The normalized spacial score (nSPS) is 34.7. The van der Waals surface area contributed by atoms with Crippen molar-refractivity contribution in [3.8, 4) is 0 Å². The standard InChI is InChI=1S/C31H49NO8/c1-9-25(32-37-8)22(5)30-26(39-30)17-19(2)11-10-12-20(3)29-21(4)13-14-27(38-23(6)33)31(7,36)16-15-24(34)18-28(35)40-29/h10-14,19,21-22,24,26-27,29-30,34,36H,9,15-18H2,1-8H3/b11-10+,14-13-,20-12+,32-25?. The minimum Gasteiger partial charge on any atom is -0.457 e. The molecule has 2 rings (SSSR count). The average Bonchev–Trinajstić information content (AvgIpc) is 3.64. The van der Waals surface area contributed by atoms with Crippen LogP contribution in [-0.4, -0.2) is 71.1 Å². The summed E-state index contributed by atoms with van der Waals surface area (Å²) >= 11 is 0. The highest BCUT2D eigenvalue weighted by atomic mass is 16.6. The van der Waals surface area contributed by atoms with E-state index in [4.69, 9.17) is 19.0 Å². The van der Waals surface area contributed by atoms with Crippen molar-refractivity contribution in [3.63, 3.8) is 0 Å². The molecule has 226 valence electrons. The first-order chi connectivity index (χ1) is 18.8. The van der Waals surface area contributed by atoms with E-state index in [1.54, 1.807) is 26.2 Å². The van der Waals surface area contributed by atoms with Crippen molar-refractivity contribution in [1.29, 1.82) is 0 Å². The topological polar surface area (TPSA) is 127 Å². The van der Waals surface area contributed by atoms with Crippen molar-refractivity contribution in [2.45, 2.75) is 117 Å². The van der Waals surface area contributed by atoms with Gasteiger partial charge in [-0.15, -0.1) is 0 Å². The molecule has 0 amide bonds. The summed E-state index contributed by atoms with van der Waals surface area (Å²) in [4.78, 5) is 29.3. The molecule has 9 unspecified atom stereocenters. The summed E-state index contributed by atoms with van der Waals surface area (Å²) in [7, 11) is 1.56. The molecule has 0 saturated carbocycles. The Hall–Kier alpha value is -2.49. The molecule has 2 aliphatic heterocycles. The number of epoxide rings is 1. The van der Waals surface area contributed by atoms with Gasteiger partial charge < -0.3 is 29.3 Å². The number of carbonyl (C=O) groups is 2. The molecule has 0 aromatic rings. The lowest BCUT2D eigenvalue weighted by atomic mass is 9.88. The van der Waals surface area contributed by atoms with Crippen molar-refractivity contribution in [1.82, 2.24) is 0 Å². The predicted molar refractivity (Wildman–Crippen MR) is 153 cm³/mol. The molecule has 0 bridgehead atoms. The second kappa shape index (κ2) is 15.5. The summed E-state index contributed by atoms with van der Waals surface area (Å²) in [6.45, 7) is 12.9. The fourth-order valence-electron chi connectivity index (χ4n) is 5.13. The predicted octanol–water partition coefficient (Wildman–Crippen LogP) is 4.66. The smallest absolute Gasteiger partial charge is 0.309 e. The third-order valence-corrected chi connectivity index (χ3v) is 7.68. The first-order valence-corrected chi connectivity index (χ1v) is 14.3. The van der Waals surface area contributed by atoms with Gasteiger partial charge in [-0.05, 0) is 57.1 Å². The third-order valence-electron chi connectivity index (χ3n) is 7.68. The fraction of sp³-hybridized carbons (Fsp3) is 0.710. The number of allylic oxidation sites excluding steroid dienone is 3. The van der Waals surface area contributed by atoms with Crippen LogP contribution in [-0.2, 0) is 28.6 Å². The van der Waals surface area contributed by atoms with Gasteiger partial charge in [0.25, 0.3) is 0 Å². The van der Waals surface area contributed by atoms with Crippen LogP contribution in [0.3, 0.4) is 0 Å². The van der Waals surface area contributed by atoms with Crippen LogP contribution in [0.2, 0.25) is 0 Å². The largest absolute Gasteiger partial charge is 0.457 e. The number of ether oxygens (including phenoxy) is 3. The molecule has 2 N–H and O–H groups in total. The van der Waals surface area contributed by atoms with Crippen LogP contribution in [0.5, 0.6) is 0 Å². The van der Waals surface area contributed by atoms with Crippen LogP contribution in [0.4, 0.5) is 0 Å². The first-order valence-electron chi connectivity index (χ1n) is 14.3. The molecule has 1 saturated heterocycles. The molecule has 1 fully saturated rings. The van der Waals surface area contributed by atoms with Crippen LogP contribution in [0, 0.1) is 17.8 Å². The highest BCUT2D eigenvalue weighted by Crippen LogP contribution is 2.36. The van der Waals surface area contributed by atoms with Gasteiger partial charge in [-0.1, -0.05) is 57.2 Å². The van der Waals surface area contributed by atoms with Gasteiger partial charge in [-0.25, -0.2) is 0 Å². The van der Waals surface area contributed by atoms with Crippen LogP contribution in [0.1, 0.15) is 80.6 Å².